The van der Waals surface area contributed by atoms with Gasteiger partial charge in [-0.05, 0) is 12.2 Å². The van der Waals surface area contributed by atoms with Crippen LogP contribution in [0.3, 0.4) is 0 Å². The van der Waals surface area contributed by atoms with Gasteiger partial charge in [0.1, 0.15) is 12.2 Å². The summed E-state index contributed by atoms with van der Waals surface area (Å²) >= 11 is 4.59. The molecule has 34 heavy (non-hydrogen) atoms. The van der Waals surface area contributed by atoms with E-state index in [2.05, 4.69) is 25.4 Å². The molecule has 6 unspecified atom stereocenters. The van der Waals surface area contributed by atoms with Crippen molar-refractivity contribution in [2.45, 2.75) is 30.2 Å². The summed E-state index contributed by atoms with van der Waals surface area (Å²) in [5.41, 5.74) is -5.72. The van der Waals surface area contributed by atoms with Crippen LogP contribution in [0.25, 0.3) is 0 Å². The quantitative estimate of drug-likeness (QED) is 0.120. The molecule has 1 saturated heterocycles. The Hall–Kier alpha value is -0.890. The van der Waals surface area contributed by atoms with E-state index in [-0.39, 0.29) is 10.8 Å². The number of hydrogen-bond acceptors (Lipinski definition) is 11. The highest BCUT2D eigenvalue weighted by Crippen LogP contribution is 2.66. The topological polar surface area (TPSA) is 247 Å². The maximum atomic E-state index is 13.6. The fourth-order valence-corrected chi connectivity index (χ4v) is 5.87. The number of nitrogens with zero attached hydrogens (tertiary/aromatic N) is 1. The highest BCUT2D eigenvalue weighted by molar-refractivity contribution is 7.71. The predicted molar refractivity (Wildman–Crippen MR) is 96.6 cm³/mol. The molecule has 7 N–H and O–H groups in total. The average Bonchev–Trinajstić information content (AvgIpc) is 2.85. The van der Waals surface area contributed by atoms with Gasteiger partial charge in [0.05, 0.1) is 12.8 Å². The van der Waals surface area contributed by atoms with E-state index in [9.17, 15) is 51.2 Å². The first-order valence-electron chi connectivity index (χ1n) is 8.01. The number of hydrogen-bond donors (Lipinski definition) is 7. The van der Waals surface area contributed by atoms with Gasteiger partial charge < -0.3 is 34.5 Å². The van der Waals surface area contributed by atoms with E-state index in [1.54, 1.807) is 4.98 Å². The standard InChI is InChI=1S/C10H13F4N2O14P3S/c11-3-1-16(8(34)15-6(3)18)7-9(19,10(12,13)14)5(17)4(28-7)2-27-32(23,24)30-33(25,26)29-31(20,21)22/h1,4-5,7,17,19H,2H2,(H,23,24)(H,25,26)(H,15,18,34)(H2,20,21,22). The van der Waals surface area contributed by atoms with Crippen molar-refractivity contribution in [3.8, 4) is 0 Å². The molecule has 0 aliphatic carbocycles. The van der Waals surface area contributed by atoms with Crippen LogP contribution in [0.4, 0.5) is 17.6 Å². The number of aromatic nitrogens is 2. The number of H-pyrrole nitrogens is 1. The van der Waals surface area contributed by atoms with Crippen molar-refractivity contribution < 1.29 is 78.9 Å². The van der Waals surface area contributed by atoms with Crippen LogP contribution in [0.1, 0.15) is 6.23 Å². The van der Waals surface area contributed by atoms with Crippen LogP contribution < -0.4 is 5.56 Å². The molecule has 1 aliphatic rings. The second-order valence-corrected chi connectivity index (χ2v) is 11.1. The number of ether oxygens (including phenoxy) is 1. The molecule has 0 saturated carbocycles. The van der Waals surface area contributed by atoms with E-state index in [1.165, 1.54) is 0 Å². The van der Waals surface area contributed by atoms with Crippen molar-refractivity contribution >= 4 is 35.7 Å². The van der Waals surface area contributed by atoms with Crippen molar-refractivity contribution in [2.24, 2.45) is 0 Å². The lowest BCUT2D eigenvalue weighted by Gasteiger charge is -2.33. The zero-order valence-electron chi connectivity index (χ0n) is 15.7. The van der Waals surface area contributed by atoms with E-state index < -0.39 is 76.4 Å². The van der Waals surface area contributed by atoms with Crippen LogP contribution in [0, 0.1) is 10.6 Å². The zero-order chi connectivity index (χ0) is 26.5. The minimum absolute atomic E-state index is 0.0770. The molecule has 1 fully saturated rings. The highest BCUT2D eigenvalue weighted by atomic mass is 32.1. The van der Waals surface area contributed by atoms with E-state index in [1.807, 2.05) is 0 Å². The average molecular weight is 586 g/mol. The van der Waals surface area contributed by atoms with Gasteiger partial charge in [0.25, 0.3) is 5.56 Å². The third kappa shape index (κ3) is 6.45. The van der Waals surface area contributed by atoms with Crippen LogP contribution in [-0.2, 0) is 31.6 Å². The summed E-state index contributed by atoms with van der Waals surface area (Å²) in [6.45, 7) is -1.60. The van der Waals surface area contributed by atoms with Crippen LogP contribution in [0.2, 0.25) is 0 Å². The molecule has 0 aromatic carbocycles. The van der Waals surface area contributed by atoms with Crippen LogP contribution in [0.15, 0.2) is 11.0 Å². The molecule has 0 spiro atoms. The zero-order valence-corrected chi connectivity index (χ0v) is 19.2. The lowest BCUT2D eigenvalue weighted by atomic mass is 9.93. The molecular weight excluding hydrogens is 573 g/mol. The number of rotatable bonds is 8. The SMILES string of the molecule is O=c1[nH]c(=S)n(C2OC(COP(=O)(O)OP(=O)(O)OP(=O)(O)O)C(O)C2(O)C(F)(F)F)cc1F. The van der Waals surface area contributed by atoms with E-state index in [0.29, 0.717) is 0 Å². The Labute approximate surface area is 188 Å². The first-order chi connectivity index (χ1) is 15.1. The summed E-state index contributed by atoms with van der Waals surface area (Å²) in [6.07, 6.45) is -13.8. The predicted octanol–water partition coefficient (Wildman–Crippen LogP) is -0.0600. The fraction of sp³-hybridized carbons (Fsp3) is 0.600. The lowest BCUT2D eigenvalue weighted by Crippen LogP contribution is -2.58. The van der Waals surface area contributed by atoms with E-state index >= 15 is 0 Å². The fourth-order valence-electron chi connectivity index (χ4n) is 2.59. The molecule has 24 heteroatoms. The Morgan fingerprint density at radius 3 is 2.24 bits per heavy atom. The molecule has 2 heterocycles. The maximum Gasteiger partial charge on any atom is 0.490 e. The summed E-state index contributed by atoms with van der Waals surface area (Å²) < 4.78 is 103. The Balaban J connectivity index is 2.33. The smallest absolute Gasteiger partial charge is 0.387 e. The molecule has 0 amide bonds. The number of aliphatic hydroxyl groups is 2. The number of phosphoric acid groups is 3. The first kappa shape index (κ1) is 29.3. The van der Waals surface area contributed by atoms with Gasteiger partial charge in [0.2, 0.25) is 11.4 Å². The van der Waals surface area contributed by atoms with Gasteiger partial charge in [-0.15, -0.1) is 0 Å². The maximum absolute atomic E-state index is 13.6. The van der Waals surface area contributed by atoms with Gasteiger partial charge in [-0.3, -0.25) is 18.9 Å². The summed E-state index contributed by atoms with van der Waals surface area (Å²) in [7, 11) is -17.5. The van der Waals surface area contributed by atoms with Crippen LogP contribution in [-0.4, -0.2) is 69.9 Å². The molecule has 0 radical (unpaired) electrons. The number of phosphoric ester groups is 1. The Morgan fingerprint density at radius 1 is 1.18 bits per heavy atom. The normalized spacial score (nSPS) is 29.5. The van der Waals surface area contributed by atoms with Gasteiger partial charge in [-0.2, -0.15) is 26.2 Å². The van der Waals surface area contributed by atoms with Crippen LogP contribution >= 0.6 is 35.7 Å². The Kier molecular flexibility index (Phi) is 8.22. The summed E-state index contributed by atoms with van der Waals surface area (Å²) in [5, 5.41) is 20.3. The number of halogens is 4. The third-order valence-electron chi connectivity index (χ3n) is 3.93. The first-order valence-corrected chi connectivity index (χ1v) is 12.9. The molecule has 2 rings (SSSR count). The number of aromatic amines is 1. The van der Waals surface area contributed by atoms with Gasteiger partial charge in [0.15, 0.2) is 11.0 Å². The minimum atomic E-state index is -5.97. The summed E-state index contributed by atoms with van der Waals surface area (Å²) in [4.78, 5) is 48.2. The Bertz CT molecular complexity index is 1200. The number of aliphatic hydroxyl groups excluding tert-OH is 1. The van der Waals surface area contributed by atoms with Gasteiger partial charge in [0, 0.05) is 0 Å². The summed E-state index contributed by atoms with van der Waals surface area (Å²) in [6, 6.07) is 0. The molecule has 1 aromatic heterocycles. The monoisotopic (exact) mass is 586 g/mol. The van der Waals surface area contributed by atoms with E-state index in [0.717, 1.165) is 0 Å². The molecule has 16 nitrogen and oxygen atoms in total. The van der Waals surface area contributed by atoms with E-state index in [4.69, 9.17) is 19.4 Å². The minimum Gasteiger partial charge on any atom is -0.387 e. The molecule has 196 valence electrons. The van der Waals surface area contributed by atoms with Crippen molar-refractivity contribution in [3.05, 3.63) is 27.1 Å². The second kappa shape index (κ2) is 9.53. The highest BCUT2D eigenvalue weighted by Gasteiger charge is 2.71. The van der Waals surface area contributed by atoms with Gasteiger partial charge in [-0.1, -0.05) is 0 Å². The van der Waals surface area contributed by atoms with Crippen LogP contribution in [0.5, 0.6) is 0 Å². The van der Waals surface area contributed by atoms with Crippen molar-refractivity contribution in [1.82, 2.24) is 9.55 Å². The number of alkyl halides is 3. The second-order valence-electron chi connectivity index (χ2n) is 6.33. The molecule has 1 aromatic rings. The molecule has 0 bridgehead atoms. The van der Waals surface area contributed by atoms with Gasteiger partial charge >= 0.3 is 29.6 Å². The van der Waals surface area contributed by atoms with Crippen molar-refractivity contribution in [3.63, 3.8) is 0 Å². The van der Waals surface area contributed by atoms with Crippen molar-refractivity contribution in [1.29, 1.82) is 0 Å². The third-order valence-corrected chi connectivity index (χ3v) is 8.05. The molecular formula is C10H13F4N2O14P3S. The summed E-state index contributed by atoms with van der Waals surface area (Å²) in [5.74, 6) is -1.67. The largest absolute Gasteiger partial charge is 0.490 e. The van der Waals surface area contributed by atoms with Crippen molar-refractivity contribution in [2.75, 3.05) is 6.61 Å². The lowest BCUT2D eigenvalue weighted by molar-refractivity contribution is -0.304. The Morgan fingerprint density at radius 2 is 1.74 bits per heavy atom. The molecule has 1 aliphatic heterocycles. The number of nitrogens with one attached hydrogen (secondary N) is 1. The van der Waals surface area contributed by atoms with Gasteiger partial charge in [-0.25, -0.2) is 13.7 Å². The molecule has 6 atom stereocenters.